The number of aromatic nitrogens is 3. The number of H-pyrrole nitrogens is 1. The van der Waals surface area contributed by atoms with Gasteiger partial charge in [-0.3, -0.25) is 14.7 Å². The molecule has 3 aromatic rings. The second kappa shape index (κ2) is 7.28. The lowest BCUT2D eigenvalue weighted by molar-refractivity contribution is 0.237. The number of aromatic amines is 1. The van der Waals surface area contributed by atoms with E-state index >= 15 is 0 Å². The Bertz CT molecular complexity index is 1020. The fourth-order valence-electron chi connectivity index (χ4n) is 3.29. The molecule has 0 amide bonds. The van der Waals surface area contributed by atoms with Crippen molar-refractivity contribution in [2.45, 2.75) is 19.5 Å². The van der Waals surface area contributed by atoms with Gasteiger partial charge in [0.15, 0.2) is 5.82 Å². The van der Waals surface area contributed by atoms with E-state index in [1.165, 1.54) is 6.07 Å². The molecule has 27 heavy (non-hydrogen) atoms. The first-order chi connectivity index (χ1) is 13.1. The monoisotopic (exact) mass is 366 g/mol. The van der Waals surface area contributed by atoms with Crippen LogP contribution in [-0.2, 0) is 19.5 Å². The maximum atomic E-state index is 14.1. The number of halogens is 1. The van der Waals surface area contributed by atoms with E-state index in [0.29, 0.717) is 60.1 Å². The molecule has 1 N–H and O–H groups in total. The van der Waals surface area contributed by atoms with Crippen molar-refractivity contribution in [3.05, 3.63) is 75.6 Å². The average molecular weight is 366 g/mol. The van der Waals surface area contributed by atoms with Crippen LogP contribution in [0.1, 0.15) is 16.8 Å². The Morgan fingerprint density at radius 2 is 2.19 bits per heavy atom. The Balaban J connectivity index is 1.61. The van der Waals surface area contributed by atoms with Gasteiger partial charge in [0.25, 0.3) is 5.56 Å². The summed E-state index contributed by atoms with van der Waals surface area (Å²) in [6, 6.07) is 10.2. The lowest BCUT2D eigenvalue weighted by atomic mass is 10.1. The van der Waals surface area contributed by atoms with E-state index in [9.17, 15) is 9.18 Å². The molecule has 1 aliphatic heterocycles. The quantitative estimate of drug-likeness (QED) is 0.768. The third-order valence-corrected chi connectivity index (χ3v) is 4.71. The average Bonchev–Trinajstić information content (AvgIpc) is 2.70. The van der Waals surface area contributed by atoms with Crippen molar-refractivity contribution < 1.29 is 9.13 Å². The number of pyridine rings is 1. The van der Waals surface area contributed by atoms with Gasteiger partial charge in [0.2, 0.25) is 0 Å². The highest BCUT2D eigenvalue weighted by Gasteiger charge is 2.22. The van der Waals surface area contributed by atoms with Gasteiger partial charge < -0.3 is 9.72 Å². The smallest absolute Gasteiger partial charge is 0.254 e. The molecule has 0 unspecified atom stereocenters. The van der Waals surface area contributed by atoms with Crippen LogP contribution in [0.4, 0.5) is 4.39 Å². The SMILES string of the molecule is COc1ccc(F)c(CN2CCc3c(nc(-c4ccccn4)[nH]c3=O)C2)c1. The summed E-state index contributed by atoms with van der Waals surface area (Å²) in [5.74, 6) is 0.805. The number of methoxy groups -OCH3 is 1. The second-order valence-electron chi connectivity index (χ2n) is 6.47. The third-order valence-electron chi connectivity index (χ3n) is 4.71. The van der Waals surface area contributed by atoms with Gasteiger partial charge in [0, 0.05) is 37.0 Å². The van der Waals surface area contributed by atoms with Crippen LogP contribution in [0.2, 0.25) is 0 Å². The highest BCUT2D eigenvalue weighted by Crippen LogP contribution is 2.22. The normalized spacial score (nSPS) is 14.0. The van der Waals surface area contributed by atoms with Crippen LogP contribution in [0, 0.1) is 5.82 Å². The van der Waals surface area contributed by atoms with Gasteiger partial charge in [-0.15, -0.1) is 0 Å². The van der Waals surface area contributed by atoms with E-state index < -0.39 is 0 Å². The van der Waals surface area contributed by atoms with Crippen molar-refractivity contribution in [2.24, 2.45) is 0 Å². The summed E-state index contributed by atoms with van der Waals surface area (Å²) >= 11 is 0. The first-order valence-corrected chi connectivity index (χ1v) is 8.72. The van der Waals surface area contributed by atoms with Crippen LogP contribution in [0.5, 0.6) is 5.75 Å². The number of ether oxygens (including phenoxy) is 1. The number of hydrogen-bond donors (Lipinski definition) is 1. The molecule has 0 radical (unpaired) electrons. The molecule has 1 aromatic carbocycles. The minimum atomic E-state index is -0.269. The van der Waals surface area contributed by atoms with E-state index in [4.69, 9.17) is 4.74 Å². The molecular formula is C20H19FN4O2. The topological polar surface area (TPSA) is 71.1 Å². The molecule has 0 bridgehead atoms. The zero-order valence-electron chi connectivity index (χ0n) is 14.9. The van der Waals surface area contributed by atoms with Crippen LogP contribution >= 0.6 is 0 Å². The summed E-state index contributed by atoms with van der Waals surface area (Å²) < 4.78 is 19.3. The molecule has 0 atom stereocenters. The Hall–Kier alpha value is -3.06. The van der Waals surface area contributed by atoms with E-state index in [2.05, 4.69) is 19.9 Å². The lowest BCUT2D eigenvalue weighted by Gasteiger charge is -2.28. The number of nitrogens with zero attached hydrogens (tertiary/aromatic N) is 3. The van der Waals surface area contributed by atoms with Gasteiger partial charge in [-0.2, -0.15) is 0 Å². The number of rotatable bonds is 4. The van der Waals surface area contributed by atoms with Crippen molar-refractivity contribution >= 4 is 0 Å². The fourth-order valence-corrected chi connectivity index (χ4v) is 3.29. The van der Waals surface area contributed by atoms with Gasteiger partial charge in [-0.1, -0.05) is 6.07 Å². The van der Waals surface area contributed by atoms with Gasteiger partial charge in [-0.05, 0) is 36.8 Å². The summed E-state index contributed by atoms with van der Waals surface area (Å²) in [7, 11) is 1.56. The molecule has 138 valence electrons. The standard InChI is InChI=1S/C20H19FN4O2/c1-27-14-5-6-16(21)13(10-14)11-25-9-7-15-18(12-25)23-19(24-20(15)26)17-4-2-3-8-22-17/h2-6,8,10H,7,9,11-12H2,1H3,(H,23,24,26). The van der Waals surface area contributed by atoms with Gasteiger partial charge >= 0.3 is 0 Å². The lowest BCUT2D eigenvalue weighted by Crippen LogP contribution is -2.35. The highest BCUT2D eigenvalue weighted by atomic mass is 19.1. The molecule has 3 heterocycles. The van der Waals surface area contributed by atoms with Crippen molar-refractivity contribution in [1.82, 2.24) is 19.9 Å². The van der Waals surface area contributed by atoms with E-state index in [-0.39, 0.29) is 11.4 Å². The number of nitrogens with one attached hydrogen (secondary N) is 1. The zero-order chi connectivity index (χ0) is 18.8. The Kier molecular flexibility index (Phi) is 4.68. The van der Waals surface area contributed by atoms with Crippen molar-refractivity contribution in [3.8, 4) is 17.3 Å². The molecule has 0 saturated carbocycles. The van der Waals surface area contributed by atoms with E-state index in [0.717, 1.165) is 0 Å². The van der Waals surface area contributed by atoms with Gasteiger partial charge in [0.05, 0.1) is 12.8 Å². The molecule has 0 spiro atoms. The van der Waals surface area contributed by atoms with E-state index in [1.807, 2.05) is 12.1 Å². The molecule has 2 aromatic heterocycles. The molecule has 4 rings (SSSR count). The number of hydrogen-bond acceptors (Lipinski definition) is 5. The largest absolute Gasteiger partial charge is 0.497 e. The van der Waals surface area contributed by atoms with Crippen LogP contribution < -0.4 is 10.3 Å². The molecule has 0 saturated heterocycles. The Morgan fingerprint density at radius 1 is 1.30 bits per heavy atom. The fraction of sp³-hybridized carbons (Fsp3) is 0.250. The summed E-state index contributed by atoms with van der Waals surface area (Å²) in [5, 5.41) is 0. The van der Waals surface area contributed by atoms with Crippen LogP contribution in [0.15, 0.2) is 47.4 Å². The molecular weight excluding hydrogens is 347 g/mol. The molecule has 1 aliphatic rings. The maximum Gasteiger partial charge on any atom is 0.254 e. The highest BCUT2D eigenvalue weighted by molar-refractivity contribution is 5.49. The minimum Gasteiger partial charge on any atom is -0.497 e. The van der Waals surface area contributed by atoms with Crippen molar-refractivity contribution in [3.63, 3.8) is 0 Å². The van der Waals surface area contributed by atoms with Crippen LogP contribution in [0.25, 0.3) is 11.5 Å². The van der Waals surface area contributed by atoms with E-state index in [1.54, 1.807) is 31.5 Å². The second-order valence-corrected chi connectivity index (χ2v) is 6.47. The number of fused-ring (bicyclic) bond motifs is 1. The molecule has 6 nitrogen and oxygen atoms in total. The minimum absolute atomic E-state index is 0.132. The first kappa shape index (κ1) is 17.4. The summed E-state index contributed by atoms with van der Waals surface area (Å²) in [6.07, 6.45) is 2.23. The summed E-state index contributed by atoms with van der Waals surface area (Å²) in [4.78, 5) is 26.2. The third kappa shape index (κ3) is 3.59. The summed E-state index contributed by atoms with van der Waals surface area (Å²) in [5.41, 5.74) is 2.46. The Labute approximate surface area is 155 Å². The van der Waals surface area contributed by atoms with Crippen molar-refractivity contribution in [2.75, 3.05) is 13.7 Å². The molecule has 0 fully saturated rings. The first-order valence-electron chi connectivity index (χ1n) is 8.72. The predicted molar refractivity (Wildman–Crippen MR) is 98.9 cm³/mol. The van der Waals surface area contributed by atoms with Gasteiger partial charge in [0.1, 0.15) is 17.3 Å². The number of benzene rings is 1. The van der Waals surface area contributed by atoms with Crippen molar-refractivity contribution in [1.29, 1.82) is 0 Å². The predicted octanol–water partition coefficient (Wildman–Crippen LogP) is 2.54. The maximum absolute atomic E-state index is 14.1. The van der Waals surface area contributed by atoms with Gasteiger partial charge in [-0.25, -0.2) is 9.37 Å². The van der Waals surface area contributed by atoms with Crippen LogP contribution in [-0.4, -0.2) is 33.5 Å². The zero-order valence-corrected chi connectivity index (χ0v) is 14.9. The molecule has 7 heteroatoms. The summed E-state index contributed by atoms with van der Waals surface area (Å²) in [6.45, 7) is 1.57. The molecule has 0 aliphatic carbocycles. The Morgan fingerprint density at radius 3 is 2.96 bits per heavy atom. The van der Waals surface area contributed by atoms with Crippen LogP contribution in [0.3, 0.4) is 0 Å².